The summed E-state index contributed by atoms with van der Waals surface area (Å²) in [7, 11) is 5.51. The second-order valence-corrected chi connectivity index (χ2v) is 9.75. The molecule has 6 heteroatoms. The highest BCUT2D eigenvalue weighted by atomic mass is 16.5. The molecule has 1 amide bonds. The Bertz CT molecular complexity index is 1030. The molecule has 0 bridgehead atoms. The molecule has 0 unspecified atom stereocenters. The van der Waals surface area contributed by atoms with Gasteiger partial charge in [-0.25, -0.2) is 0 Å². The van der Waals surface area contributed by atoms with Crippen molar-refractivity contribution in [2.75, 3.05) is 34.3 Å². The van der Waals surface area contributed by atoms with Crippen molar-refractivity contribution in [2.45, 2.75) is 38.6 Å². The summed E-state index contributed by atoms with van der Waals surface area (Å²) in [5.74, 6) is -0.757. The summed E-state index contributed by atoms with van der Waals surface area (Å²) < 4.78 is 5.19. The molecule has 33 heavy (non-hydrogen) atoms. The lowest BCUT2D eigenvalue weighted by molar-refractivity contribution is -0.139. The molecule has 0 aliphatic carbocycles. The van der Waals surface area contributed by atoms with Gasteiger partial charge in [0.15, 0.2) is 0 Å². The summed E-state index contributed by atoms with van der Waals surface area (Å²) in [4.78, 5) is 29.8. The molecule has 6 nitrogen and oxygen atoms in total. The SMILES string of the molecule is COc1ccc(C(O)=C2C(=O)C(=O)N(CCCN(C)C)[C@@H]2c2ccc(C(C)(C)C)cc2)cc1. The Balaban J connectivity index is 2.08. The van der Waals surface area contributed by atoms with Crippen LogP contribution in [0.15, 0.2) is 54.1 Å². The highest BCUT2D eigenvalue weighted by Gasteiger charge is 2.45. The lowest BCUT2D eigenvalue weighted by atomic mass is 9.85. The first-order valence-electron chi connectivity index (χ1n) is 11.2. The number of ether oxygens (including phenoxy) is 1. The monoisotopic (exact) mass is 450 g/mol. The summed E-state index contributed by atoms with van der Waals surface area (Å²) in [6, 6.07) is 14.1. The van der Waals surface area contributed by atoms with E-state index in [2.05, 4.69) is 20.8 Å². The number of ketones is 1. The summed E-state index contributed by atoms with van der Waals surface area (Å²) in [6.45, 7) is 7.63. The summed E-state index contributed by atoms with van der Waals surface area (Å²) in [6.07, 6.45) is 0.721. The topological polar surface area (TPSA) is 70.1 Å². The van der Waals surface area contributed by atoms with E-state index >= 15 is 0 Å². The number of rotatable bonds is 7. The number of amides is 1. The molecule has 1 heterocycles. The first-order chi connectivity index (χ1) is 15.5. The Morgan fingerprint density at radius 1 is 1.03 bits per heavy atom. The van der Waals surface area contributed by atoms with Gasteiger partial charge in [-0.1, -0.05) is 45.0 Å². The van der Waals surface area contributed by atoms with Crippen LogP contribution in [0.5, 0.6) is 5.75 Å². The van der Waals surface area contributed by atoms with Gasteiger partial charge in [0.05, 0.1) is 18.7 Å². The highest BCUT2D eigenvalue weighted by molar-refractivity contribution is 6.46. The van der Waals surface area contributed by atoms with Gasteiger partial charge in [0, 0.05) is 12.1 Å². The summed E-state index contributed by atoms with van der Waals surface area (Å²) >= 11 is 0. The number of carbonyl (C=O) groups is 2. The van der Waals surface area contributed by atoms with Crippen LogP contribution in [0.3, 0.4) is 0 Å². The van der Waals surface area contributed by atoms with Crippen LogP contribution in [0.2, 0.25) is 0 Å². The lowest BCUT2D eigenvalue weighted by Crippen LogP contribution is -2.32. The van der Waals surface area contributed by atoms with Crippen LogP contribution in [-0.4, -0.2) is 60.9 Å². The molecule has 1 N–H and O–H groups in total. The first-order valence-corrected chi connectivity index (χ1v) is 11.2. The fraction of sp³-hybridized carbons (Fsp3) is 0.407. The standard InChI is InChI=1S/C27H34N2O4/c1-27(2,3)20-12-8-18(9-13-20)23-22(24(30)19-10-14-21(33-6)15-11-19)25(31)26(32)29(23)17-7-16-28(4)5/h8-15,23,30H,7,16-17H2,1-6H3/t23-/m1/s1. The molecule has 1 saturated heterocycles. The minimum absolute atomic E-state index is 0.0187. The second kappa shape index (κ2) is 9.79. The van der Waals surface area contributed by atoms with Gasteiger partial charge in [-0.3, -0.25) is 9.59 Å². The van der Waals surface area contributed by atoms with Crippen molar-refractivity contribution in [1.82, 2.24) is 9.80 Å². The zero-order chi connectivity index (χ0) is 24.3. The third-order valence-electron chi connectivity index (χ3n) is 6.00. The van der Waals surface area contributed by atoms with Gasteiger partial charge in [-0.2, -0.15) is 0 Å². The van der Waals surface area contributed by atoms with Crippen LogP contribution in [0.4, 0.5) is 0 Å². The Morgan fingerprint density at radius 3 is 2.15 bits per heavy atom. The number of aliphatic hydroxyl groups excluding tert-OH is 1. The largest absolute Gasteiger partial charge is 0.507 e. The van der Waals surface area contributed by atoms with Crippen molar-refractivity contribution in [1.29, 1.82) is 0 Å². The van der Waals surface area contributed by atoms with Gasteiger partial charge in [0.2, 0.25) is 0 Å². The molecular formula is C27H34N2O4. The molecule has 1 atom stereocenters. The molecule has 1 aliphatic rings. The number of nitrogens with zero attached hydrogens (tertiary/aromatic N) is 2. The van der Waals surface area contributed by atoms with E-state index in [0.717, 1.165) is 24.1 Å². The quantitative estimate of drug-likeness (QED) is 0.385. The van der Waals surface area contributed by atoms with Gasteiger partial charge < -0.3 is 19.6 Å². The van der Waals surface area contributed by atoms with E-state index in [1.807, 2.05) is 43.3 Å². The molecule has 2 aromatic carbocycles. The van der Waals surface area contributed by atoms with Crippen LogP contribution in [-0.2, 0) is 15.0 Å². The third kappa shape index (κ3) is 5.28. The van der Waals surface area contributed by atoms with E-state index in [-0.39, 0.29) is 16.7 Å². The normalized spacial score (nSPS) is 18.3. The average Bonchev–Trinajstić information content (AvgIpc) is 3.03. The number of aliphatic hydroxyl groups is 1. The molecule has 176 valence electrons. The summed E-state index contributed by atoms with van der Waals surface area (Å²) in [5, 5.41) is 11.1. The van der Waals surface area contributed by atoms with E-state index in [1.165, 1.54) is 0 Å². The van der Waals surface area contributed by atoms with E-state index in [9.17, 15) is 14.7 Å². The van der Waals surface area contributed by atoms with Gasteiger partial charge >= 0.3 is 0 Å². The Labute approximate surface area is 196 Å². The van der Waals surface area contributed by atoms with Crippen molar-refractivity contribution in [3.8, 4) is 5.75 Å². The average molecular weight is 451 g/mol. The molecular weight excluding hydrogens is 416 g/mol. The Morgan fingerprint density at radius 2 is 1.64 bits per heavy atom. The number of hydrogen-bond acceptors (Lipinski definition) is 5. The summed E-state index contributed by atoms with van der Waals surface area (Å²) in [5.41, 5.74) is 2.54. The lowest BCUT2D eigenvalue weighted by Gasteiger charge is -2.27. The third-order valence-corrected chi connectivity index (χ3v) is 6.00. The van der Waals surface area contributed by atoms with Crippen molar-refractivity contribution >= 4 is 17.4 Å². The Kier molecular flexibility index (Phi) is 7.28. The van der Waals surface area contributed by atoms with E-state index in [0.29, 0.717) is 17.9 Å². The molecule has 1 fully saturated rings. The number of hydrogen-bond donors (Lipinski definition) is 1. The van der Waals surface area contributed by atoms with Crippen molar-refractivity contribution in [3.63, 3.8) is 0 Å². The van der Waals surface area contributed by atoms with Gasteiger partial charge in [-0.05, 0) is 67.9 Å². The highest BCUT2D eigenvalue weighted by Crippen LogP contribution is 2.40. The van der Waals surface area contributed by atoms with Crippen LogP contribution in [0, 0.1) is 0 Å². The van der Waals surface area contributed by atoms with E-state index in [1.54, 1.807) is 36.3 Å². The van der Waals surface area contributed by atoms with Crippen molar-refractivity contribution < 1.29 is 19.4 Å². The zero-order valence-corrected chi connectivity index (χ0v) is 20.4. The maximum Gasteiger partial charge on any atom is 0.295 e. The molecule has 3 rings (SSSR count). The molecule has 0 spiro atoms. The van der Waals surface area contributed by atoms with Crippen LogP contribution in [0.1, 0.15) is 49.9 Å². The minimum Gasteiger partial charge on any atom is -0.507 e. The zero-order valence-electron chi connectivity index (χ0n) is 20.4. The maximum absolute atomic E-state index is 13.1. The Hall–Kier alpha value is -3.12. The number of benzene rings is 2. The van der Waals surface area contributed by atoms with E-state index < -0.39 is 17.7 Å². The fourth-order valence-electron chi connectivity index (χ4n) is 4.08. The van der Waals surface area contributed by atoms with Gasteiger partial charge in [-0.15, -0.1) is 0 Å². The first kappa shape index (κ1) is 24.5. The smallest absolute Gasteiger partial charge is 0.295 e. The van der Waals surface area contributed by atoms with Gasteiger partial charge in [0.25, 0.3) is 11.7 Å². The van der Waals surface area contributed by atoms with Crippen LogP contribution in [0.25, 0.3) is 5.76 Å². The predicted molar refractivity (Wildman–Crippen MR) is 130 cm³/mol. The van der Waals surface area contributed by atoms with Crippen LogP contribution < -0.4 is 4.74 Å². The predicted octanol–water partition coefficient (Wildman–Crippen LogP) is 4.37. The second-order valence-electron chi connectivity index (χ2n) is 9.75. The van der Waals surface area contributed by atoms with E-state index in [4.69, 9.17) is 4.74 Å². The maximum atomic E-state index is 13.1. The molecule has 0 aromatic heterocycles. The van der Waals surface area contributed by atoms with Crippen molar-refractivity contribution in [3.05, 3.63) is 70.8 Å². The van der Waals surface area contributed by atoms with Crippen LogP contribution >= 0.6 is 0 Å². The molecule has 1 aliphatic heterocycles. The number of Topliss-reactive ketones (excluding diaryl/α,β-unsaturated/α-hetero) is 1. The number of likely N-dealkylation sites (tertiary alicyclic amines) is 1. The van der Waals surface area contributed by atoms with Crippen molar-refractivity contribution in [2.24, 2.45) is 0 Å². The fourth-order valence-corrected chi connectivity index (χ4v) is 4.08. The number of methoxy groups -OCH3 is 1. The number of carbonyl (C=O) groups excluding carboxylic acids is 2. The van der Waals surface area contributed by atoms with Gasteiger partial charge in [0.1, 0.15) is 11.5 Å². The molecule has 0 radical (unpaired) electrons. The minimum atomic E-state index is -0.655. The molecule has 0 saturated carbocycles. The molecule has 2 aromatic rings.